The first kappa shape index (κ1) is 14.7. The third kappa shape index (κ3) is 3.59. The van der Waals surface area contributed by atoms with Crippen LogP contribution in [-0.4, -0.2) is 25.1 Å². The minimum atomic E-state index is -0.584. The molecule has 0 heterocycles. The average molecular weight is 268 g/mol. The van der Waals surface area contributed by atoms with E-state index in [0.29, 0.717) is 0 Å². The number of ether oxygens (including phenoxy) is 1. The number of halogens is 1. The molecule has 0 spiro atoms. The molecule has 3 nitrogen and oxygen atoms in total. The molecule has 0 fully saturated rings. The lowest BCUT2D eigenvalue weighted by Gasteiger charge is -2.24. The lowest BCUT2D eigenvalue weighted by atomic mass is 10.1. The lowest BCUT2D eigenvalue weighted by Crippen LogP contribution is -2.37. The average Bonchev–Trinajstić information content (AvgIpc) is 2.36. The molecule has 0 saturated heterocycles. The number of methoxy groups -OCH3 is 1. The maximum atomic E-state index is 12.1. The molecule has 0 aliphatic rings. The molecule has 0 aromatic heterocycles. The first-order valence-electron chi connectivity index (χ1n) is 5.78. The van der Waals surface area contributed by atoms with Crippen LogP contribution in [0.4, 0.5) is 5.69 Å². The van der Waals surface area contributed by atoms with E-state index in [4.69, 9.17) is 16.3 Å². The molecule has 98 valence electrons. The maximum absolute atomic E-state index is 12.1. The van der Waals surface area contributed by atoms with Gasteiger partial charge >= 0.3 is 0 Å². The molecule has 1 rings (SSSR count). The Labute approximate surface area is 113 Å². The van der Waals surface area contributed by atoms with Crippen LogP contribution >= 0.6 is 11.6 Å². The molecular formula is C14H18ClNO2. The van der Waals surface area contributed by atoms with E-state index >= 15 is 0 Å². The van der Waals surface area contributed by atoms with Gasteiger partial charge in [-0.05, 0) is 25.5 Å². The van der Waals surface area contributed by atoms with Gasteiger partial charge in [-0.2, -0.15) is 0 Å². The molecule has 0 N–H and O–H groups in total. The van der Waals surface area contributed by atoms with E-state index in [1.807, 2.05) is 43.3 Å². The van der Waals surface area contributed by atoms with E-state index in [0.717, 1.165) is 11.3 Å². The molecule has 1 aromatic carbocycles. The second-order valence-corrected chi connectivity index (χ2v) is 4.51. The summed E-state index contributed by atoms with van der Waals surface area (Å²) < 4.78 is 5.09. The number of amides is 1. The van der Waals surface area contributed by atoms with Crippen LogP contribution in [0.1, 0.15) is 19.4 Å². The van der Waals surface area contributed by atoms with Crippen LogP contribution in [0.2, 0.25) is 0 Å². The number of anilines is 1. The number of carbonyl (C=O) groups is 1. The molecule has 0 saturated carbocycles. The van der Waals surface area contributed by atoms with Crippen molar-refractivity contribution in [3.05, 3.63) is 35.9 Å². The SMILES string of the molecule is CC=Cc1ccccc1N(COC)C(=O)C(C)Cl. The standard InChI is InChI=1S/C14H18ClNO2/c1-4-7-12-8-5-6-9-13(12)16(10-18-3)14(17)11(2)15/h4-9,11H,10H2,1-3H3. The number of rotatable bonds is 5. The molecule has 1 amide bonds. The summed E-state index contributed by atoms with van der Waals surface area (Å²) >= 11 is 5.87. The Morgan fingerprint density at radius 3 is 2.72 bits per heavy atom. The van der Waals surface area contributed by atoms with Crippen LogP contribution in [0, 0.1) is 0 Å². The smallest absolute Gasteiger partial charge is 0.246 e. The summed E-state index contributed by atoms with van der Waals surface area (Å²) in [5, 5.41) is -0.584. The molecule has 0 aliphatic carbocycles. The van der Waals surface area contributed by atoms with Crippen LogP contribution in [-0.2, 0) is 9.53 Å². The van der Waals surface area contributed by atoms with Gasteiger partial charge in [0, 0.05) is 7.11 Å². The topological polar surface area (TPSA) is 29.5 Å². The van der Waals surface area contributed by atoms with E-state index in [9.17, 15) is 4.79 Å². The van der Waals surface area contributed by atoms with Crippen LogP contribution in [0.15, 0.2) is 30.3 Å². The van der Waals surface area contributed by atoms with Gasteiger partial charge in [-0.1, -0.05) is 30.4 Å². The molecule has 18 heavy (non-hydrogen) atoms. The number of benzene rings is 1. The van der Waals surface area contributed by atoms with E-state index in [2.05, 4.69) is 0 Å². The largest absolute Gasteiger partial charge is 0.364 e. The number of nitrogens with zero attached hydrogens (tertiary/aromatic N) is 1. The summed E-state index contributed by atoms with van der Waals surface area (Å²) in [4.78, 5) is 13.6. The first-order chi connectivity index (χ1) is 8.61. The summed E-state index contributed by atoms with van der Waals surface area (Å²) in [5.41, 5.74) is 1.76. The highest BCUT2D eigenvalue weighted by atomic mass is 35.5. The predicted molar refractivity (Wildman–Crippen MR) is 75.8 cm³/mol. The van der Waals surface area contributed by atoms with Crippen molar-refractivity contribution in [3.8, 4) is 0 Å². The molecule has 0 radical (unpaired) electrons. The van der Waals surface area contributed by atoms with Crippen molar-refractivity contribution in [1.29, 1.82) is 0 Å². The summed E-state index contributed by atoms with van der Waals surface area (Å²) in [6.07, 6.45) is 3.88. The van der Waals surface area contributed by atoms with Gasteiger partial charge in [0.15, 0.2) is 0 Å². The highest BCUT2D eigenvalue weighted by molar-refractivity contribution is 6.32. The quantitative estimate of drug-likeness (QED) is 0.605. The van der Waals surface area contributed by atoms with E-state index in [1.54, 1.807) is 18.9 Å². The first-order valence-corrected chi connectivity index (χ1v) is 6.21. The molecule has 1 unspecified atom stereocenters. The highest BCUT2D eigenvalue weighted by Crippen LogP contribution is 2.23. The van der Waals surface area contributed by atoms with Crippen molar-refractivity contribution < 1.29 is 9.53 Å². The second kappa shape index (κ2) is 7.19. The second-order valence-electron chi connectivity index (χ2n) is 3.86. The van der Waals surface area contributed by atoms with Crippen molar-refractivity contribution >= 4 is 29.3 Å². The van der Waals surface area contributed by atoms with Crippen LogP contribution in [0.25, 0.3) is 6.08 Å². The van der Waals surface area contributed by atoms with Crippen molar-refractivity contribution in [3.63, 3.8) is 0 Å². The van der Waals surface area contributed by atoms with Gasteiger partial charge in [0.05, 0.1) is 5.69 Å². The van der Waals surface area contributed by atoms with Crippen LogP contribution < -0.4 is 4.90 Å². The monoisotopic (exact) mass is 267 g/mol. The van der Waals surface area contributed by atoms with E-state index in [-0.39, 0.29) is 12.6 Å². The Kier molecular flexibility index (Phi) is 5.89. The van der Waals surface area contributed by atoms with Gasteiger partial charge in [0.1, 0.15) is 12.1 Å². The molecule has 1 atom stereocenters. The van der Waals surface area contributed by atoms with Crippen molar-refractivity contribution in [2.75, 3.05) is 18.7 Å². The van der Waals surface area contributed by atoms with Gasteiger partial charge in [0.25, 0.3) is 0 Å². The van der Waals surface area contributed by atoms with E-state index in [1.165, 1.54) is 0 Å². The Balaban J connectivity index is 3.16. The normalized spacial score (nSPS) is 12.7. The molecular weight excluding hydrogens is 250 g/mol. The molecule has 0 bridgehead atoms. The Morgan fingerprint density at radius 1 is 1.50 bits per heavy atom. The van der Waals surface area contributed by atoms with Gasteiger partial charge in [-0.3, -0.25) is 9.69 Å². The number of hydrogen-bond donors (Lipinski definition) is 0. The van der Waals surface area contributed by atoms with Crippen molar-refractivity contribution in [1.82, 2.24) is 0 Å². The number of alkyl halides is 1. The minimum absolute atomic E-state index is 0.171. The number of allylic oxidation sites excluding steroid dienone is 1. The Bertz CT molecular complexity index is 430. The number of hydrogen-bond acceptors (Lipinski definition) is 2. The highest BCUT2D eigenvalue weighted by Gasteiger charge is 2.21. The Hall–Kier alpha value is -1.32. The minimum Gasteiger partial charge on any atom is -0.364 e. The summed E-state index contributed by atoms with van der Waals surface area (Å²) in [6.45, 7) is 3.78. The molecule has 1 aromatic rings. The lowest BCUT2D eigenvalue weighted by molar-refractivity contribution is -0.119. The van der Waals surface area contributed by atoms with Crippen LogP contribution in [0.5, 0.6) is 0 Å². The predicted octanol–water partition coefficient (Wildman–Crippen LogP) is 3.28. The molecule has 0 aliphatic heterocycles. The van der Waals surface area contributed by atoms with Gasteiger partial charge < -0.3 is 4.74 Å². The fourth-order valence-electron chi connectivity index (χ4n) is 1.65. The summed E-state index contributed by atoms with van der Waals surface area (Å²) in [7, 11) is 1.55. The van der Waals surface area contributed by atoms with Gasteiger partial charge in [-0.25, -0.2) is 0 Å². The van der Waals surface area contributed by atoms with E-state index < -0.39 is 5.38 Å². The Morgan fingerprint density at radius 2 is 2.17 bits per heavy atom. The maximum Gasteiger partial charge on any atom is 0.246 e. The summed E-state index contributed by atoms with van der Waals surface area (Å²) in [6, 6.07) is 7.64. The number of carbonyl (C=O) groups excluding carboxylic acids is 1. The molecule has 4 heteroatoms. The number of para-hydroxylation sites is 1. The third-order valence-electron chi connectivity index (χ3n) is 2.44. The van der Waals surface area contributed by atoms with Crippen molar-refractivity contribution in [2.24, 2.45) is 0 Å². The zero-order valence-electron chi connectivity index (χ0n) is 10.9. The third-order valence-corrected chi connectivity index (χ3v) is 2.62. The zero-order chi connectivity index (χ0) is 13.5. The zero-order valence-corrected chi connectivity index (χ0v) is 11.6. The van der Waals surface area contributed by atoms with Crippen LogP contribution in [0.3, 0.4) is 0 Å². The van der Waals surface area contributed by atoms with Gasteiger partial charge in [0.2, 0.25) is 5.91 Å². The summed E-state index contributed by atoms with van der Waals surface area (Å²) in [5.74, 6) is -0.171. The van der Waals surface area contributed by atoms with Gasteiger partial charge in [-0.15, -0.1) is 11.6 Å². The fourth-order valence-corrected chi connectivity index (χ4v) is 1.77. The van der Waals surface area contributed by atoms with Crippen molar-refractivity contribution in [2.45, 2.75) is 19.2 Å². The fraction of sp³-hybridized carbons (Fsp3) is 0.357.